The summed E-state index contributed by atoms with van der Waals surface area (Å²) < 4.78 is 0. The Balaban J connectivity index is 2.77. The second-order valence-corrected chi connectivity index (χ2v) is 4.55. The van der Waals surface area contributed by atoms with Crippen molar-refractivity contribution in [3.05, 3.63) is 34.4 Å². The molecule has 0 aliphatic heterocycles. The largest absolute Gasteiger partial charge is 0.334 e. The Labute approximate surface area is 123 Å². The Bertz CT molecular complexity index is 525. The van der Waals surface area contributed by atoms with Gasteiger partial charge in [0.1, 0.15) is 0 Å². The van der Waals surface area contributed by atoms with E-state index in [4.69, 9.17) is 0 Å². The second kappa shape index (κ2) is 7.98. The van der Waals surface area contributed by atoms with E-state index in [-0.39, 0.29) is 11.4 Å². The van der Waals surface area contributed by atoms with Gasteiger partial charge in [-0.3, -0.25) is 19.7 Å². The van der Waals surface area contributed by atoms with Gasteiger partial charge in [-0.05, 0) is 18.9 Å². The summed E-state index contributed by atoms with van der Waals surface area (Å²) in [5.41, 5.74) is 0.0923. The first-order chi connectivity index (χ1) is 9.99. The van der Waals surface area contributed by atoms with Crippen LogP contribution in [0, 0.1) is 10.1 Å². The van der Waals surface area contributed by atoms with Crippen LogP contribution in [0.2, 0.25) is 0 Å². The number of hydrogen-bond donors (Lipinski definition) is 1. The van der Waals surface area contributed by atoms with Gasteiger partial charge in [0.05, 0.1) is 4.92 Å². The van der Waals surface area contributed by atoms with Crippen LogP contribution in [0.3, 0.4) is 0 Å². The van der Waals surface area contributed by atoms with E-state index in [9.17, 15) is 19.7 Å². The maximum Gasteiger partial charge on any atom is 0.313 e. The number of carbonyl (C=O) groups is 2. The number of hydrogen-bond acceptors (Lipinski definition) is 4. The molecule has 1 aromatic rings. The molecule has 0 atom stereocenters. The summed E-state index contributed by atoms with van der Waals surface area (Å²) in [6.07, 6.45) is 1.52. The fraction of sp³-hybridized carbons (Fsp3) is 0.429. The van der Waals surface area contributed by atoms with Crippen molar-refractivity contribution < 1.29 is 14.5 Å². The molecule has 7 heteroatoms. The number of benzene rings is 1. The lowest BCUT2D eigenvalue weighted by Crippen LogP contribution is -2.40. The number of nitro benzene ring substituents is 1. The van der Waals surface area contributed by atoms with Crippen LogP contribution in [0.1, 0.15) is 26.7 Å². The number of rotatable bonds is 6. The van der Waals surface area contributed by atoms with Crippen LogP contribution in [0.25, 0.3) is 0 Å². The van der Waals surface area contributed by atoms with Crippen molar-refractivity contribution in [2.45, 2.75) is 26.7 Å². The van der Waals surface area contributed by atoms with Gasteiger partial charge in [-0.2, -0.15) is 0 Å². The van der Waals surface area contributed by atoms with Gasteiger partial charge in [-0.15, -0.1) is 0 Å². The van der Waals surface area contributed by atoms with Crippen molar-refractivity contribution in [3.63, 3.8) is 0 Å². The fourth-order valence-corrected chi connectivity index (χ4v) is 1.88. The third-order valence-corrected chi connectivity index (χ3v) is 2.78. The average molecular weight is 293 g/mol. The predicted octanol–water partition coefficient (Wildman–Crippen LogP) is 2.18. The summed E-state index contributed by atoms with van der Waals surface area (Å²) >= 11 is 0. The number of anilines is 1. The van der Waals surface area contributed by atoms with Crippen molar-refractivity contribution in [1.29, 1.82) is 0 Å². The van der Waals surface area contributed by atoms with Crippen LogP contribution in [0.15, 0.2) is 24.3 Å². The zero-order valence-electron chi connectivity index (χ0n) is 12.2. The van der Waals surface area contributed by atoms with E-state index < -0.39 is 16.7 Å². The molecule has 1 rings (SSSR count). The lowest BCUT2D eigenvalue weighted by Gasteiger charge is -2.20. The van der Waals surface area contributed by atoms with Crippen LogP contribution < -0.4 is 5.32 Å². The number of nitro groups is 1. The molecule has 0 aliphatic carbocycles. The van der Waals surface area contributed by atoms with Gasteiger partial charge in [0.15, 0.2) is 0 Å². The van der Waals surface area contributed by atoms with Crippen molar-refractivity contribution in [2.24, 2.45) is 0 Å². The third kappa shape index (κ3) is 4.87. The van der Waals surface area contributed by atoms with Crippen LogP contribution in [-0.4, -0.2) is 34.7 Å². The molecule has 0 radical (unpaired) electrons. The summed E-state index contributed by atoms with van der Waals surface area (Å²) in [7, 11) is 0. The van der Waals surface area contributed by atoms with Crippen molar-refractivity contribution in [1.82, 2.24) is 4.90 Å². The standard InChI is InChI=1S/C14H19N3O4/c1-3-8-16(9-4-2)14(19)13(18)15-11-6-5-7-12(10-11)17(20)21/h5-7,10H,3-4,8-9H2,1-2H3,(H,15,18). The van der Waals surface area contributed by atoms with E-state index in [1.54, 1.807) is 0 Å². The Morgan fingerprint density at radius 2 is 1.86 bits per heavy atom. The van der Waals surface area contributed by atoms with Gasteiger partial charge < -0.3 is 10.2 Å². The molecule has 0 fully saturated rings. The van der Waals surface area contributed by atoms with Crippen LogP contribution in [0.4, 0.5) is 11.4 Å². The predicted molar refractivity (Wildman–Crippen MR) is 78.9 cm³/mol. The Morgan fingerprint density at radius 1 is 1.24 bits per heavy atom. The maximum absolute atomic E-state index is 12.0. The van der Waals surface area contributed by atoms with Gasteiger partial charge in [0.2, 0.25) is 0 Å². The summed E-state index contributed by atoms with van der Waals surface area (Å²) in [5.74, 6) is -1.40. The number of non-ortho nitro benzene ring substituents is 1. The minimum atomic E-state index is -0.780. The zero-order chi connectivity index (χ0) is 15.8. The molecule has 0 bridgehead atoms. The molecule has 1 aromatic carbocycles. The number of nitrogens with zero attached hydrogens (tertiary/aromatic N) is 2. The average Bonchev–Trinajstić information content (AvgIpc) is 2.46. The highest BCUT2D eigenvalue weighted by molar-refractivity contribution is 6.39. The lowest BCUT2D eigenvalue weighted by atomic mass is 10.2. The Kier molecular flexibility index (Phi) is 6.32. The normalized spacial score (nSPS) is 10.0. The van der Waals surface area contributed by atoms with Crippen LogP contribution >= 0.6 is 0 Å². The molecular formula is C14H19N3O4. The monoisotopic (exact) mass is 293 g/mol. The molecule has 0 spiro atoms. The number of nitrogens with one attached hydrogen (secondary N) is 1. The molecule has 0 saturated heterocycles. The molecule has 21 heavy (non-hydrogen) atoms. The van der Waals surface area contributed by atoms with Gasteiger partial charge in [-0.25, -0.2) is 0 Å². The van der Waals surface area contributed by atoms with Crippen LogP contribution in [0.5, 0.6) is 0 Å². The summed E-state index contributed by atoms with van der Waals surface area (Å²) in [6.45, 7) is 4.87. The molecule has 0 unspecified atom stereocenters. The molecule has 0 aliphatic rings. The number of carbonyl (C=O) groups excluding carboxylic acids is 2. The van der Waals surface area contributed by atoms with Gasteiger partial charge in [0, 0.05) is 30.9 Å². The molecule has 0 saturated carbocycles. The maximum atomic E-state index is 12.0. The molecule has 1 N–H and O–H groups in total. The fourth-order valence-electron chi connectivity index (χ4n) is 1.88. The molecule has 0 aromatic heterocycles. The van der Waals surface area contributed by atoms with Gasteiger partial charge in [0.25, 0.3) is 5.69 Å². The van der Waals surface area contributed by atoms with E-state index in [1.807, 2.05) is 13.8 Å². The highest BCUT2D eigenvalue weighted by Crippen LogP contribution is 2.17. The van der Waals surface area contributed by atoms with E-state index in [2.05, 4.69) is 5.32 Å². The van der Waals surface area contributed by atoms with E-state index in [0.29, 0.717) is 13.1 Å². The SMILES string of the molecule is CCCN(CCC)C(=O)C(=O)Nc1cccc([N+](=O)[O-])c1. The summed E-state index contributed by atoms with van der Waals surface area (Å²) in [5, 5.41) is 13.1. The topological polar surface area (TPSA) is 92.6 Å². The van der Waals surface area contributed by atoms with E-state index >= 15 is 0 Å². The first kappa shape index (κ1) is 16.6. The minimum absolute atomic E-state index is 0.140. The highest BCUT2D eigenvalue weighted by Gasteiger charge is 2.21. The Hall–Kier alpha value is -2.44. The molecular weight excluding hydrogens is 274 g/mol. The molecule has 0 heterocycles. The van der Waals surface area contributed by atoms with E-state index in [0.717, 1.165) is 12.8 Å². The van der Waals surface area contributed by atoms with Crippen LogP contribution in [-0.2, 0) is 9.59 Å². The molecule has 7 nitrogen and oxygen atoms in total. The first-order valence-corrected chi connectivity index (χ1v) is 6.84. The highest BCUT2D eigenvalue weighted by atomic mass is 16.6. The molecule has 114 valence electrons. The van der Waals surface area contributed by atoms with Gasteiger partial charge >= 0.3 is 11.8 Å². The van der Waals surface area contributed by atoms with Crippen molar-refractivity contribution in [3.8, 4) is 0 Å². The van der Waals surface area contributed by atoms with Crippen molar-refractivity contribution in [2.75, 3.05) is 18.4 Å². The minimum Gasteiger partial charge on any atom is -0.334 e. The zero-order valence-corrected chi connectivity index (χ0v) is 12.2. The second-order valence-electron chi connectivity index (χ2n) is 4.55. The van der Waals surface area contributed by atoms with Gasteiger partial charge in [-0.1, -0.05) is 19.9 Å². The summed E-state index contributed by atoms with van der Waals surface area (Å²) in [6, 6.07) is 5.49. The molecule has 2 amide bonds. The van der Waals surface area contributed by atoms with E-state index in [1.165, 1.54) is 29.2 Å². The lowest BCUT2D eigenvalue weighted by molar-refractivity contribution is -0.384. The summed E-state index contributed by atoms with van der Waals surface area (Å²) in [4.78, 5) is 35.5. The third-order valence-electron chi connectivity index (χ3n) is 2.78. The smallest absolute Gasteiger partial charge is 0.313 e. The first-order valence-electron chi connectivity index (χ1n) is 6.84. The van der Waals surface area contributed by atoms with Crippen molar-refractivity contribution >= 4 is 23.2 Å². The quantitative estimate of drug-likeness (QED) is 0.494. The number of amides is 2. The Morgan fingerprint density at radius 3 is 2.38 bits per heavy atom.